The van der Waals surface area contributed by atoms with Crippen LogP contribution in [-0.4, -0.2) is 35.5 Å². The van der Waals surface area contributed by atoms with Gasteiger partial charge in [0.25, 0.3) is 0 Å². The zero-order valence-electron chi connectivity index (χ0n) is 15.7. The van der Waals surface area contributed by atoms with Gasteiger partial charge in [-0.1, -0.05) is 60.7 Å². The first-order valence-corrected chi connectivity index (χ1v) is 9.40. The normalized spacial score (nSPS) is 18.9. The predicted molar refractivity (Wildman–Crippen MR) is 104 cm³/mol. The van der Waals surface area contributed by atoms with Gasteiger partial charge in [0.15, 0.2) is 0 Å². The summed E-state index contributed by atoms with van der Waals surface area (Å²) in [6.45, 7) is 3.12. The lowest BCUT2D eigenvalue weighted by Gasteiger charge is -2.33. The molecule has 1 N–H and O–H groups in total. The number of nitrogens with zero attached hydrogens (tertiary/aromatic N) is 1. The number of nitrogens with one attached hydrogen (secondary N) is 1. The molecule has 0 aromatic heterocycles. The molecule has 142 valence electrons. The van der Waals surface area contributed by atoms with Crippen LogP contribution in [0, 0.1) is 0 Å². The molecular formula is C22H26N2O3. The van der Waals surface area contributed by atoms with E-state index in [-0.39, 0.29) is 12.5 Å². The van der Waals surface area contributed by atoms with Gasteiger partial charge < -0.3 is 10.1 Å². The van der Waals surface area contributed by atoms with Gasteiger partial charge in [-0.2, -0.15) is 0 Å². The quantitative estimate of drug-likeness (QED) is 0.851. The molecule has 5 heteroatoms. The molecule has 0 saturated carbocycles. The minimum atomic E-state index is -0.857. The number of benzene rings is 2. The van der Waals surface area contributed by atoms with E-state index in [1.807, 2.05) is 67.6 Å². The number of carbonyl (C=O) groups is 2. The van der Waals surface area contributed by atoms with Crippen LogP contribution in [-0.2, 0) is 22.6 Å². The highest BCUT2D eigenvalue weighted by atomic mass is 16.6. The molecule has 27 heavy (non-hydrogen) atoms. The summed E-state index contributed by atoms with van der Waals surface area (Å²) in [4.78, 5) is 26.9. The van der Waals surface area contributed by atoms with Crippen molar-refractivity contribution in [2.75, 3.05) is 13.1 Å². The highest BCUT2D eigenvalue weighted by Gasteiger charge is 2.46. The van der Waals surface area contributed by atoms with Gasteiger partial charge in [0.2, 0.25) is 5.91 Å². The van der Waals surface area contributed by atoms with Crippen molar-refractivity contribution in [3.8, 4) is 0 Å². The summed E-state index contributed by atoms with van der Waals surface area (Å²) in [5.74, 6) is -0.118. The van der Waals surface area contributed by atoms with Crippen molar-refractivity contribution in [2.24, 2.45) is 0 Å². The molecule has 2 amide bonds. The van der Waals surface area contributed by atoms with Crippen molar-refractivity contribution in [1.29, 1.82) is 0 Å². The van der Waals surface area contributed by atoms with Crippen molar-refractivity contribution >= 4 is 12.0 Å². The molecule has 0 aliphatic carbocycles. The van der Waals surface area contributed by atoms with Crippen LogP contribution in [0.25, 0.3) is 0 Å². The third kappa shape index (κ3) is 4.67. The van der Waals surface area contributed by atoms with E-state index < -0.39 is 11.6 Å². The Balaban J connectivity index is 1.54. The van der Waals surface area contributed by atoms with Crippen LogP contribution in [0.1, 0.15) is 30.9 Å². The Bertz CT molecular complexity index is 764. The third-order valence-electron chi connectivity index (χ3n) is 5.10. The Hall–Kier alpha value is -2.82. The number of rotatable bonds is 6. The van der Waals surface area contributed by atoms with Crippen LogP contribution in [0.4, 0.5) is 4.79 Å². The van der Waals surface area contributed by atoms with Crippen LogP contribution in [0.3, 0.4) is 0 Å². The van der Waals surface area contributed by atoms with E-state index in [4.69, 9.17) is 4.74 Å². The number of amides is 2. The molecule has 5 nitrogen and oxygen atoms in total. The Labute approximate surface area is 160 Å². The monoisotopic (exact) mass is 366 g/mol. The fourth-order valence-corrected chi connectivity index (χ4v) is 3.44. The molecule has 1 aliphatic rings. The second-order valence-electron chi connectivity index (χ2n) is 7.06. The van der Waals surface area contributed by atoms with Crippen LogP contribution in [0.15, 0.2) is 60.7 Å². The first-order chi connectivity index (χ1) is 13.1. The molecule has 2 aromatic rings. The first kappa shape index (κ1) is 19.0. The van der Waals surface area contributed by atoms with E-state index in [0.717, 1.165) is 18.4 Å². The number of likely N-dealkylation sites (tertiary alicyclic amines) is 1. The highest BCUT2D eigenvalue weighted by Crippen LogP contribution is 2.30. The summed E-state index contributed by atoms with van der Waals surface area (Å²) in [7, 11) is 0. The lowest BCUT2D eigenvalue weighted by molar-refractivity contribution is -0.130. The van der Waals surface area contributed by atoms with Gasteiger partial charge in [0.05, 0.1) is 0 Å². The maximum Gasteiger partial charge on any atom is 0.410 e. The SMILES string of the molecule is CC1(C(=O)NCCc2ccccc2)CCCN1C(=O)OCc1ccccc1. The molecule has 0 spiro atoms. The van der Waals surface area contributed by atoms with Gasteiger partial charge in [-0.25, -0.2) is 4.79 Å². The van der Waals surface area contributed by atoms with Gasteiger partial charge in [-0.3, -0.25) is 9.69 Å². The molecule has 1 aliphatic heterocycles. The molecule has 1 heterocycles. The minimum absolute atomic E-state index is 0.118. The Kier molecular flexibility index (Phi) is 6.12. The fraction of sp³-hybridized carbons (Fsp3) is 0.364. The summed E-state index contributed by atoms with van der Waals surface area (Å²) < 4.78 is 5.44. The molecule has 1 fully saturated rings. The fourth-order valence-electron chi connectivity index (χ4n) is 3.44. The van der Waals surface area contributed by atoms with E-state index in [0.29, 0.717) is 19.5 Å². The second kappa shape index (κ2) is 8.71. The van der Waals surface area contributed by atoms with Crippen molar-refractivity contribution in [2.45, 2.75) is 38.3 Å². The molecular weight excluding hydrogens is 340 g/mol. The molecule has 2 aromatic carbocycles. The smallest absolute Gasteiger partial charge is 0.410 e. The molecule has 3 rings (SSSR count). The number of carbonyl (C=O) groups excluding carboxylic acids is 2. The predicted octanol–water partition coefficient (Wildman–Crippen LogP) is 3.54. The Morgan fingerprint density at radius 2 is 1.67 bits per heavy atom. The Morgan fingerprint density at radius 1 is 1.04 bits per heavy atom. The summed E-state index contributed by atoms with van der Waals surface area (Å²) in [6, 6.07) is 19.6. The number of hydrogen-bond acceptors (Lipinski definition) is 3. The van der Waals surface area contributed by atoms with Crippen molar-refractivity contribution in [3.63, 3.8) is 0 Å². The zero-order valence-corrected chi connectivity index (χ0v) is 15.7. The third-order valence-corrected chi connectivity index (χ3v) is 5.10. The average molecular weight is 366 g/mol. The zero-order chi connectivity index (χ0) is 19.1. The van der Waals surface area contributed by atoms with Crippen LogP contribution >= 0.6 is 0 Å². The van der Waals surface area contributed by atoms with Gasteiger partial charge >= 0.3 is 6.09 Å². The van der Waals surface area contributed by atoms with E-state index in [9.17, 15) is 9.59 Å². The topological polar surface area (TPSA) is 58.6 Å². The van der Waals surface area contributed by atoms with Crippen molar-refractivity contribution in [1.82, 2.24) is 10.2 Å². The molecule has 0 bridgehead atoms. The van der Waals surface area contributed by atoms with Crippen LogP contribution in [0.5, 0.6) is 0 Å². The number of hydrogen-bond donors (Lipinski definition) is 1. The van der Waals surface area contributed by atoms with E-state index in [1.54, 1.807) is 4.90 Å². The van der Waals surface area contributed by atoms with E-state index >= 15 is 0 Å². The van der Waals surface area contributed by atoms with Crippen molar-refractivity contribution < 1.29 is 14.3 Å². The van der Waals surface area contributed by atoms with Crippen LogP contribution in [0.2, 0.25) is 0 Å². The van der Waals surface area contributed by atoms with Gasteiger partial charge in [0, 0.05) is 13.1 Å². The maximum atomic E-state index is 12.8. The second-order valence-corrected chi connectivity index (χ2v) is 7.06. The summed E-state index contributed by atoms with van der Waals surface area (Å²) in [5.41, 5.74) is 1.25. The molecule has 1 saturated heterocycles. The average Bonchev–Trinajstić information content (AvgIpc) is 3.11. The minimum Gasteiger partial charge on any atom is -0.445 e. The van der Waals surface area contributed by atoms with Crippen LogP contribution < -0.4 is 5.32 Å². The summed E-state index contributed by atoms with van der Waals surface area (Å²) in [6.07, 6.45) is 1.77. The molecule has 0 radical (unpaired) electrons. The Morgan fingerprint density at radius 3 is 2.33 bits per heavy atom. The summed E-state index contributed by atoms with van der Waals surface area (Å²) in [5, 5.41) is 2.98. The molecule has 1 atom stereocenters. The standard InChI is InChI=1S/C22H26N2O3/c1-22(20(25)23-15-13-18-9-4-2-5-10-18)14-8-16-24(22)21(26)27-17-19-11-6-3-7-12-19/h2-7,9-12H,8,13-17H2,1H3,(H,23,25). The molecule has 1 unspecified atom stereocenters. The largest absolute Gasteiger partial charge is 0.445 e. The van der Waals surface area contributed by atoms with Crippen molar-refractivity contribution in [3.05, 3.63) is 71.8 Å². The van der Waals surface area contributed by atoms with Gasteiger partial charge in [-0.15, -0.1) is 0 Å². The van der Waals surface area contributed by atoms with Gasteiger partial charge in [0.1, 0.15) is 12.1 Å². The van der Waals surface area contributed by atoms with E-state index in [1.165, 1.54) is 5.56 Å². The van der Waals surface area contributed by atoms with Gasteiger partial charge in [-0.05, 0) is 37.3 Å². The first-order valence-electron chi connectivity index (χ1n) is 9.40. The lowest BCUT2D eigenvalue weighted by atomic mass is 9.98. The lowest BCUT2D eigenvalue weighted by Crippen LogP contribution is -2.55. The highest BCUT2D eigenvalue weighted by molar-refractivity contribution is 5.90. The summed E-state index contributed by atoms with van der Waals surface area (Å²) >= 11 is 0. The maximum absolute atomic E-state index is 12.8. The van der Waals surface area contributed by atoms with E-state index in [2.05, 4.69) is 5.32 Å². The number of ether oxygens (including phenoxy) is 1.